The standard InChI is InChI=1S/C11H8N8/c12-7-3-1-2-6(16-7)10-17-18-11-8-9(14-4-13-8)15-5-19(10)11/h1-5H,(H2,12,16)(H,13,14). The van der Waals surface area contributed by atoms with E-state index in [2.05, 4.69) is 30.1 Å². The molecule has 0 aromatic carbocycles. The van der Waals surface area contributed by atoms with Gasteiger partial charge in [-0.25, -0.2) is 15.0 Å². The van der Waals surface area contributed by atoms with Crippen LogP contribution in [0.3, 0.4) is 0 Å². The molecule has 0 aliphatic rings. The Bertz CT molecular complexity index is 890. The van der Waals surface area contributed by atoms with Crippen LogP contribution in [0.5, 0.6) is 0 Å². The van der Waals surface area contributed by atoms with E-state index < -0.39 is 0 Å². The summed E-state index contributed by atoms with van der Waals surface area (Å²) < 4.78 is 1.75. The van der Waals surface area contributed by atoms with Crippen LogP contribution in [0.2, 0.25) is 0 Å². The van der Waals surface area contributed by atoms with Gasteiger partial charge in [0.15, 0.2) is 17.1 Å². The number of aromatic nitrogens is 7. The fraction of sp³-hybridized carbons (Fsp3) is 0. The van der Waals surface area contributed by atoms with Crippen LogP contribution in [0.1, 0.15) is 0 Å². The molecule has 19 heavy (non-hydrogen) atoms. The van der Waals surface area contributed by atoms with Crippen molar-refractivity contribution in [2.45, 2.75) is 0 Å². The SMILES string of the molecule is Nc1cccc(-c2nnc3c4[nH]cnc4ncn23)n1. The zero-order valence-corrected chi connectivity index (χ0v) is 9.65. The molecule has 0 bridgehead atoms. The molecule has 4 aromatic heterocycles. The number of hydrogen-bond acceptors (Lipinski definition) is 6. The number of anilines is 1. The van der Waals surface area contributed by atoms with Crippen molar-refractivity contribution in [3.8, 4) is 11.5 Å². The fourth-order valence-electron chi connectivity index (χ4n) is 1.98. The highest BCUT2D eigenvalue weighted by atomic mass is 15.3. The summed E-state index contributed by atoms with van der Waals surface area (Å²) in [7, 11) is 0. The van der Waals surface area contributed by atoms with Crippen molar-refractivity contribution in [2.75, 3.05) is 5.73 Å². The Labute approximate surface area is 106 Å². The number of nitrogen functional groups attached to an aromatic ring is 1. The van der Waals surface area contributed by atoms with Gasteiger partial charge in [0.2, 0.25) is 0 Å². The van der Waals surface area contributed by atoms with E-state index >= 15 is 0 Å². The van der Waals surface area contributed by atoms with Gasteiger partial charge in [-0.05, 0) is 12.1 Å². The molecule has 0 spiro atoms. The van der Waals surface area contributed by atoms with E-state index in [-0.39, 0.29) is 0 Å². The number of fused-ring (bicyclic) bond motifs is 3. The second kappa shape index (κ2) is 3.48. The maximum atomic E-state index is 5.68. The number of rotatable bonds is 1. The summed E-state index contributed by atoms with van der Waals surface area (Å²) in [6, 6.07) is 5.36. The van der Waals surface area contributed by atoms with E-state index in [9.17, 15) is 0 Å². The number of H-pyrrole nitrogens is 1. The molecular formula is C11H8N8. The lowest BCUT2D eigenvalue weighted by atomic mass is 10.3. The van der Waals surface area contributed by atoms with Gasteiger partial charge in [0.25, 0.3) is 0 Å². The summed E-state index contributed by atoms with van der Waals surface area (Å²) in [5.41, 5.74) is 8.33. The number of pyridine rings is 1. The Hall–Kier alpha value is -3.03. The molecule has 0 atom stereocenters. The average molecular weight is 252 g/mol. The molecule has 0 aliphatic carbocycles. The first-order valence-electron chi connectivity index (χ1n) is 5.58. The van der Waals surface area contributed by atoms with Crippen LogP contribution in [0.4, 0.5) is 5.82 Å². The van der Waals surface area contributed by atoms with Crippen LogP contribution in [0.25, 0.3) is 28.3 Å². The van der Waals surface area contributed by atoms with Crippen molar-refractivity contribution in [1.29, 1.82) is 0 Å². The van der Waals surface area contributed by atoms with E-state index in [0.717, 1.165) is 5.52 Å². The highest BCUT2D eigenvalue weighted by molar-refractivity contribution is 5.85. The van der Waals surface area contributed by atoms with Crippen LogP contribution in [0.15, 0.2) is 30.9 Å². The van der Waals surface area contributed by atoms with Crippen LogP contribution in [-0.2, 0) is 0 Å². The lowest BCUT2D eigenvalue weighted by Gasteiger charge is -1.99. The monoisotopic (exact) mass is 252 g/mol. The summed E-state index contributed by atoms with van der Waals surface area (Å²) >= 11 is 0. The van der Waals surface area contributed by atoms with Gasteiger partial charge in [-0.3, -0.25) is 4.40 Å². The van der Waals surface area contributed by atoms with Crippen LogP contribution in [0, 0.1) is 0 Å². The number of nitrogens with two attached hydrogens (primary N) is 1. The first-order chi connectivity index (χ1) is 9.33. The molecule has 0 saturated carbocycles. The van der Waals surface area contributed by atoms with Gasteiger partial charge >= 0.3 is 0 Å². The molecular weight excluding hydrogens is 244 g/mol. The van der Waals surface area contributed by atoms with Crippen molar-refractivity contribution in [3.63, 3.8) is 0 Å². The van der Waals surface area contributed by atoms with Gasteiger partial charge in [0, 0.05) is 0 Å². The van der Waals surface area contributed by atoms with Crippen molar-refractivity contribution in [2.24, 2.45) is 0 Å². The minimum Gasteiger partial charge on any atom is -0.384 e. The second-order valence-corrected chi connectivity index (χ2v) is 4.01. The number of imidazole rings is 1. The molecule has 0 unspecified atom stereocenters. The van der Waals surface area contributed by atoms with Gasteiger partial charge in [-0.1, -0.05) is 6.07 Å². The van der Waals surface area contributed by atoms with E-state index in [0.29, 0.717) is 28.6 Å². The Morgan fingerprint density at radius 3 is 3.00 bits per heavy atom. The number of aromatic amines is 1. The van der Waals surface area contributed by atoms with Gasteiger partial charge in [0.05, 0.1) is 6.33 Å². The normalized spacial score (nSPS) is 11.4. The van der Waals surface area contributed by atoms with Crippen molar-refractivity contribution >= 4 is 22.6 Å². The van der Waals surface area contributed by atoms with E-state index in [1.54, 1.807) is 23.1 Å². The Morgan fingerprint density at radius 2 is 2.11 bits per heavy atom. The maximum Gasteiger partial charge on any atom is 0.190 e. The first-order valence-corrected chi connectivity index (χ1v) is 5.58. The number of nitrogens with one attached hydrogen (secondary N) is 1. The topological polar surface area (TPSA) is 111 Å². The van der Waals surface area contributed by atoms with Gasteiger partial charge in [0.1, 0.15) is 23.4 Å². The van der Waals surface area contributed by atoms with Gasteiger partial charge < -0.3 is 10.7 Å². The summed E-state index contributed by atoms with van der Waals surface area (Å²) in [6.45, 7) is 0. The molecule has 0 amide bonds. The van der Waals surface area contributed by atoms with Crippen LogP contribution >= 0.6 is 0 Å². The number of nitrogens with zero attached hydrogens (tertiary/aromatic N) is 6. The third-order valence-corrected chi connectivity index (χ3v) is 2.83. The predicted molar refractivity (Wildman–Crippen MR) is 68.1 cm³/mol. The molecule has 8 nitrogen and oxygen atoms in total. The molecule has 3 N–H and O–H groups in total. The summed E-state index contributed by atoms with van der Waals surface area (Å²) in [4.78, 5) is 15.5. The van der Waals surface area contributed by atoms with Crippen molar-refractivity contribution < 1.29 is 0 Å². The Morgan fingerprint density at radius 1 is 1.16 bits per heavy atom. The minimum absolute atomic E-state index is 0.435. The zero-order chi connectivity index (χ0) is 12.8. The quantitative estimate of drug-likeness (QED) is 0.514. The molecule has 0 aliphatic heterocycles. The molecule has 8 heteroatoms. The molecule has 0 fully saturated rings. The fourth-order valence-corrected chi connectivity index (χ4v) is 1.98. The Kier molecular flexibility index (Phi) is 1.82. The summed E-state index contributed by atoms with van der Waals surface area (Å²) in [6.07, 6.45) is 3.20. The smallest absolute Gasteiger partial charge is 0.190 e. The van der Waals surface area contributed by atoms with Gasteiger partial charge in [-0.15, -0.1) is 10.2 Å². The largest absolute Gasteiger partial charge is 0.384 e. The number of hydrogen-bond donors (Lipinski definition) is 2. The minimum atomic E-state index is 0.435. The summed E-state index contributed by atoms with van der Waals surface area (Å²) in [5.74, 6) is 1.02. The van der Waals surface area contributed by atoms with Crippen LogP contribution < -0.4 is 5.73 Å². The average Bonchev–Trinajstić information content (AvgIpc) is 3.04. The van der Waals surface area contributed by atoms with E-state index in [1.807, 2.05) is 12.1 Å². The molecule has 4 heterocycles. The maximum absolute atomic E-state index is 5.68. The highest BCUT2D eigenvalue weighted by Crippen LogP contribution is 2.19. The molecule has 92 valence electrons. The molecule has 4 rings (SSSR count). The molecule has 0 saturated heterocycles. The van der Waals surface area contributed by atoms with E-state index in [1.165, 1.54) is 0 Å². The summed E-state index contributed by atoms with van der Waals surface area (Å²) in [5, 5.41) is 8.29. The van der Waals surface area contributed by atoms with E-state index in [4.69, 9.17) is 5.73 Å². The van der Waals surface area contributed by atoms with Crippen LogP contribution in [-0.4, -0.2) is 34.5 Å². The molecule has 4 aromatic rings. The zero-order valence-electron chi connectivity index (χ0n) is 9.65. The third kappa shape index (κ3) is 1.36. The molecule has 0 radical (unpaired) electrons. The van der Waals surface area contributed by atoms with Gasteiger partial charge in [-0.2, -0.15) is 0 Å². The van der Waals surface area contributed by atoms with Crippen molar-refractivity contribution in [1.82, 2.24) is 34.5 Å². The third-order valence-electron chi connectivity index (χ3n) is 2.83. The predicted octanol–water partition coefficient (Wildman–Crippen LogP) is 0.645. The first kappa shape index (κ1) is 9.95. The Balaban J connectivity index is 2.05. The highest BCUT2D eigenvalue weighted by Gasteiger charge is 2.13. The van der Waals surface area contributed by atoms with Crippen molar-refractivity contribution in [3.05, 3.63) is 30.9 Å². The lowest BCUT2D eigenvalue weighted by Crippen LogP contribution is -1.96. The lowest BCUT2D eigenvalue weighted by molar-refractivity contribution is 1.07. The second-order valence-electron chi connectivity index (χ2n) is 4.01.